The molecule has 1 saturated heterocycles. The first kappa shape index (κ1) is 27.7. The SMILES string of the molecule is Cc1ccc2c(c1)c1nnc(SCCCC(=O)N3CCN(Cc4ccc5c(c4)OCO5)CC3)nc1n2Cc1ccccc1. The maximum absolute atomic E-state index is 12.9. The molecular formula is C33H34N6O3S. The van der Waals surface area contributed by atoms with Gasteiger partial charge in [0.15, 0.2) is 17.1 Å². The van der Waals surface area contributed by atoms with Gasteiger partial charge in [0.2, 0.25) is 17.9 Å². The molecule has 220 valence electrons. The van der Waals surface area contributed by atoms with Crippen molar-refractivity contribution >= 4 is 39.7 Å². The smallest absolute Gasteiger partial charge is 0.231 e. The van der Waals surface area contributed by atoms with Crippen LogP contribution in [0.3, 0.4) is 0 Å². The molecule has 1 amide bonds. The van der Waals surface area contributed by atoms with Crippen LogP contribution in [0.1, 0.15) is 29.5 Å². The van der Waals surface area contributed by atoms with Gasteiger partial charge >= 0.3 is 0 Å². The van der Waals surface area contributed by atoms with Crippen LogP contribution in [0.4, 0.5) is 0 Å². The molecule has 0 aliphatic carbocycles. The highest BCUT2D eigenvalue weighted by molar-refractivity contribution is 7.99. The number of thioether (sulfide) groups is 1. The van der Waals surface area contributed by atoms with Crippen molar-refractivity contribution in [1.29, 1.82) is 0 Å². The highest BCUT2D eigenvalue weighted by atomic mass is 32.2. The fourth-order valence-corrected chi connectivity index (χ4v) is 6.56. The summed E-state index contributed by atoms with van der Waals surface area (Å²) in [6.45, 7) is 7.18. The Morgan fingerprint density at radius 3 is 2.58 bits per heavy atom. The predicted octanol–water partition coefficient (Wildman–Crippen LogP) is 5.28. The van der Waals surface area contributed by atoms with E-state index in [1.54, 1.807) is 11.8 Å². The third kappa shape index (κ3) is 6.03. The van der Waals surface area contributed by atoms with Crippen LogP contribution in [0.2, 0.25) is 0 Å². The number of aromatic nitrogens is 4. The molecule has 2 aliphatic rings. The van der Waals surface area contributed by atoms with Gasteiger partial charge in [-0.05, 0) is 48.7 Å². The van der Waals surface area contributed by atoms with E-state index >= 15 is 0 Å². The lowest BCUT2D eigenvalue weighted by atomic mass is 10.1. The van der Waals surface area contributed by atoms with E-state index in [2.05, 4.69) is 81.2 Å². The normalized spacial score (nSPS) is 15.0. The molecule has 0 bridgehead atoms. The predicted molar refractivity (Wildman–Crippen MR) is 167 cm³/mol. The molecule has 0 N–H and O–H groups in total. The number of fused-ring (bicyclic) bond motifs is 4. The molecule has 7 rings (SSSR count). The second-order valence-electron chi connectivity index (χ2n) is 11.2. The quantitative estimate of drug-likeness (QED) is 0.168. The zero-order valence-electron chi connectivity index (χ0n) is 24.2. The molecule has 1 fully saturated rings. The van der Waals surface area contributed by atoms with Crippen molar-refractivity contribution in [1.82, 2.24) is 29.5 Å². The fraction of sp³-hybridized carbons (Fsp3) is 0.333. The van der Waals surface area contributed by atoms with E-state index in [-0.39, 0.29) is 12.7 Å². The highest BCUT2D eigenvalue weighted by Gasteiger charge is 2.22. The van der Waals surface area contributed by atoms with Gasteiger partial charge in [-0.2, -0.15) is 0 Å². The highest BCUT2D eigenvalue weighted by Crippen LogP contribution is 2.33. The standard InChI is InChI=1S/C33H34N6O3S/c1-23-9-11-27-26(18-23)31-32(39(27)21-24-6-3-2-4-7-24)34-33(36-35-31)43-17-5-8-30(40)38-15-13-37(14-16-38)20-25-10-12-28-29(19-25)42-22-41-28/h2-4,6-7,9-12,18-19H,5,8,13-17,20-22H2,1H3. The van der Waals surface area contributed by atoms with Crippen molar-refractivity contribution < 1.29 is 14.3 Å². The van der Waals surface area contributed by atoms with Gasteiger partial charge in [-0.25, -0.2) is 4.98 Å². The van der Waals surface area contributed by atoms with Crippen molar-refractivity contribution in [2.75, 3.05) is 38.7 Å². The molecule has 0 atom stereocenters. The summed E-state index contributed by atoms with van der Waals surface area (Å²) < 4.78 is 13.1. The van der Waals surface area contributed by atoms with E-state index in [9.17, 15) is 4.79 Å². The number of ether oxygens (including phenoxy) is 2. The Hall–Kier alpha value is -4.15. The number of hydrogen-bond donors (Lipinski definition) is 0. The van der Waals surface area contributed by atoms with Crippen LogP contribution in [-0.4, -0.2) is 74.2 Å². The van der Waals surface area contributed by atoms with E-state index in [1.165, 1.54) is 16.7 Å². The molecule has 3 aromatic carbocycles. The summed E-state index contributed by atoms with van der Waals surface area (Å²) in [5.74, 6) is 2.61. The van der Waals surface area contributed by atoms with Crippen LogP contribution in [0.5, 0.6) is 11.5 Å². The molecule has 0 spiro atoms. The number of rotatable bonds is 9. The lowest BCUT2D eigenvalue weighted by Gasteiger charge is -2.34. The van der Waals surface area contributed by atoms with E-state index in [1.807, 2.05) is 17.0 Å². The maximum Gasteiger partial charge on any atom is 0.231 e. The van der Waals surface area contributed by atoms with E-state index in [4.69, 9.17) is 14.5 Å². The number of carbonyl (C=O) groups is 1. The number of nitrogens with zero attached hydrogens (tertiary/aromatic N) is 6. The number of piperazine rings is 1. The van der Waals surface area contributed by atoms with Crippen LogP contribution in [0.15, 0.2) is 71.9 Å². The molecule has 2 aromatic heterocycles. The van der Waals surface area contributed by atoms with Crippen molar-refractivity contribution in [3.05, 3.63) is 83.4 Å². The first-order valence-corrected chi connectivity index (χ1v) is 15.8. The van der Waals surface area contributed by atoms with Gasteiger partial charge in [0, 0.05) is 56.8 Å². The average molecular weight is 595 g/mol. The van der Waals surface area contributed by atoms with E-state index in [0.29, 0.717) is 18.1 Å². The maximum atomic E-state index is 12.9. The van der Waals surface area contributed by atoms with Crippen LogP contribution in [0, 0.1) is 6.92 Å². The lowest BCUT2D eigenvalue weighted by molar-refractivity contribution is -0.133. The summed E-state index contributed by atoms with van der Waals surface area (Å²) in [6, 6.07) is 23.0. The number of aryl methyl sites for hydroxylation is 1. The molecular weight excluding hydrogens is 560 g/mol. The second kappa shape index (κ2) is 12.2. The number of carbonyl (C=O) groups excluding carboxylic acids is 1. The first-order chi connectivity index (χ1) is 21.1. The monoisotopic (exact) mass is 594 g/mol. The van der Waals surface area contributed by atoms with Crippen LogP contribution in [-0.2, 0) is 17.9 Å². The van der Waals surface area contributed by atoms with Gasteiger partial charge in [0.05, 0.1) is 5.52 Å². The third-order valence-electron chi connectivity index (χ3n) is 8.12. The summed E-state index contributed by atoms with van der Waals surface area (Å²) in [4.78, 5) is 22.3. The summed E-state index contributed by atoms with van der Waals surface area (Å²) >= 11 is 1.57. The van der Waals surface area contributed by atoms with Crippen molar-refractivity contribution in [2.24, 2.45) is 0 Å². The molecule has 0 unspecified atom stereocenters. The van der Waals surface area contributed by atoms with E-state index < -0.39 is 0 Å². The minimum absolute atomic E-state index is 0.219. The first-order valence-electron chi connectivity index (χ1n) is 14.8. The van der Waals surface area contributed by atoms with E-state index in [0.717, 1.165) is 78.5 Å². The van der Waals surface area contributed by atoms with Gasteiger partial charge in [0.25, 0.3) is 0 Å². The summed E-state index contributed by atoms with van der Waals surface area (Å²) in [5.41, 5.74) is 6.37. The largest absolute Gasteiger partial charge is 0.454 e. The average Bonchev–Trinajstić information content (AvgIpc) is 3.62. The molecule has 4 heterocycles. The minimum Gasteiger partial charge on any atom is -0.454 e. The second-order valence-corrected chi connectivity index (χ2v) is 12.2. The van der Waals surface area contributed by atoms with Crippen molar-refractivity contribution in [2.45, 2.75) is 38.0 Å². The Labute approximate surface area is 254 Å². The Bertz CT molecular complexity index is 1770. The van der Waals surface area contributed by atoms with Crippen molar-refractivity contribution in [3.8, 4) is 11.5 Å². The Morgan fingerprint density at radius 2 is 1.72 bits per heavy atom. The zero-order chi connectivity index (χ0) is 29.2. The van der Waals surface area contributed by atoms with Crippen LogP contribution in [0.25, 0.3) is 22.1 Å². The lowest BCUT2D eigenvalue weighted by Crippen LogP contribution is -2.48. The van der Waals surface area contributed by atoms with Gasteiger partial charge in [-0.1, -0.05) is 59.8 Å². The Balaban J connectivity index is 0.933. The van der Waals surface area contributed by atoms with Crippen LogP contribution >= 0.6 is 11.8 Å². The van der Waals surface area contributed by atoms with Gasteiger partial charge < -0.3 is 18.9 Å². The Morgan fingerprint density at radius 1 is 0.884 bits per heavy atom. The number of amides is 1. The zero-order valence-corrected chi connectivity index (χ0v) is 25.1. The molecule has 10 heteroatoms. The van der Waals surface area contributed by atoms with Gasteiger partial charge in [-0.3, -0.25) is 9.69 Å². The summed E-state index contributed by atoms with van der Waals surface area (Å²) in [6.07, 6.45) is 1.30. The molecule has 0 saturated carbocycles. The molecule has 5 aromatic rings. The molecule has 0 radical (unpaired) electrons. The van der Waals surface area contributed by atoms with Crippen molar-refractivity contribution in [3.63, 3.8) is 0 Å². The molecule has 9 nitrogen and oxygen atoms in total. The fourth-order valence-electron chi connectivity index (χ4n) is 5.84. The van der Waals surface area contributed by atoms with Gasteiger partial charge in [0.1, 0.15) is 5.52 Å². The minimum atomic E-state index is 0.219. The van der Waals surface area contributed by atoms with Gasteiger partial charge in [-0.15, -0.1) is 10.2 Å². The molecule has 43 heavy (non-hydrogen) atoms. The summed E-state index contributed by atoms with van der Waals surface area (Å²) in [7, 11) is 0. The third-order valence-corrected chi connectivity index (χ3v) is 9.04. The number of hydrogen-bond acceptors (Lipinski definition) is 8. The summed E-state index contributed by atoms with van der Waals surface area (Å²) in [5, 5.41) is 10.8. The topological polar surface area (TPSA) is 85.6 Å². The number of benzene rings is 3. The van der Waals surface area contributed by atoms with Crippen LogP contribution < -0.4 is 9.47 Å². The molecule has 2 aliphatic heterocycles. The Kier molecular flexibility index (Phi) is 7.86.